The molecule has 1 rings (SSSR count). The van der Waals surface area contributed by atoms with Crippen molar-refractivity contribution in [3.05, 3.63) is 17.5 Å². The number of hydrogen-bond acceptors (Lipinski definition) is 2. The topological polar surface area (TPSA) is 54.7 Å². The van der Waals surface area contributed by atoms with Gasteiger partial charge in [-0.15, -0.1) is 0 Å². The molecular formula is C9H16FN3. The number of H-pyrrole nitrogens is 1. The summed E-state index contributed by atoms with van der Waals surface area (Å²) in [6, 6.07) is 0. The van der Waals surface area contributed by atoms with Gasteiger partial charge in [0, 0.05) is 23.2 Å². The smallest absolute Gasteiger partial charge is 0.141 e. The SMILES string of the molecule is CC(C)(C)c1[nH]ncc1C(F)CN. The Labute approximate surface area is 77.5 Å². The number of aromatic amines is 1. The predicted octanol–water partition coefficient (Wildman–Crippen LogP) is 1.68. The van der Waals surface area contributed by atoms with E-state index in [1.54, 1.807) is 0 Å². The number of nitrogens with one attached hydrogen (secondary N) is 1. The summed E-state index contributed by atoms with van der Waals surface area (Å²) >= 11 is 0. The molecule has 0 aliphatic carbocycles. The fourth-order valence-corrected chi connectivity index (χ4v) is 1.26. The standard InChI is InChI=1S/C9H16FN3/c1-9(2,3)8-6(5-12-13-8)7(10)4-11/h5,7H,4,11H2,1-3H3,(H,12,13). The largest absolute Gasteiger partial charge is 0.327 e. The fraction of sp³-hybridized carbons (Fsp3) is 0.667. The lowest BCUT2D eigenvalue weighted by atomic mass is 9.88. The molecule has 74 valence electrons. The molecule has 0 amide bonds. The zero-order chi connectivity index (χ0) is 10.1. The number of rotatable bonds is 2. The average molecular weight is 185 g/mol. The Kier molecular flexibility index (Phi) is 2.71. The highest BCUT2D eigenvalue weighted by molar-refractivity contribution is 5.25. The Balaban J connectivity index is 3.03. The molecule has 13 heavy (non-hydrogen) atoms. The van der Waals surface area contributed by atoms with Crippen molar-refractivity contribution in [2.24, 2.45) is 5.73 Å². The molecule has 0 saturated heterocycles. The Hall–Kier alpha value is -0.900. The molecule has 1 atom stereocenters. The van der Waals surface area contributed by atoms with Crippen LogP contribution in [0.3, 0.4) is 0 Å². The first-order valence-corrected chi connectivity index (χ1v) is 4.34. The summed E-state index contributed by atoms with van der Waals surface area (Å²) in [5, 5.41) is 6.65. The summed E-state index contributed by atoms with van der Waals surface area (Å²) in [7, 11) is 0. The van der Waals surface area contributed by atoms with Crippen LogP contribution in [-0.2, 0) is 5.41 Å². The number of hydrogen-bond donors (Lipinski definition) is 2. The van der Waals surface area contributed by atoms with Crippen LogP contribution < -0.4 is 5.73 Å². The molecule has 0 bridgehead atoms. The van der Waals surface area contributed by atoms with E-state index in [-0.39, 0.29) is 12.0 Å². The number of halogens is 1. The highest BCUT2D eigenvalue weighted by Gasteiger charge is 2.23. The molecule has 1 aromatic heterocycles. The maximum Gasteiger partial charge on any atom is 0.141 e. The van der Waals surface area contributed by atoms with E-state index in [9.17, 15) is 4.39 Å². The van der Waals surface area contributed by atoms with E-state index in [1.807, 2.05) is 20.8 Å². The average Bonchev–Trinajstić information content (AvgIpc) is 2.49. The molecule has 3 N–H and O–H groups in total. The van der Waals surface area contributed by atoms with Crippen molar-refractivity contribution in [3.63, 3.8) is 0 Å². The molecule has 1 aromatic rings. The molecule has 0 aliphatic rings. The number of alkyl halides is 1. The minimum Gasteiger partial charge on any atom is -0.327 e. The molecule has 0 fully saturated rings. The van der Waals surface area contributed by atoms with Crippen molar-refractivity contribution in [1.82, 2.24) is 10.2 Å². The number of nitrogens with two attached hydrogens (primary N) is 1. The highest BCUT2D eigenvalue weighted by atomic mass is 19.1. The molecule has 1 heterocycles. The van der Waals surface area contributed by atoms with Crippen molar-refractivity contribution in [3.8, 4) is 0 Å². The van der Waals surface area contributed by atoms with Crippen LogP contribution in [0.15, 0.2) is 6.20 Å². The molecule has 0 saturated carbocycles. The summed E-state index contributed by atoms with van der Waals surface area (Å²) < 4.78 is 13.3. The van der Waals surface area contributed by atoms with Crippen LogP contribution in [0.1, 0.15) is 38.2 Å². The maximum atomic E-state index is 13.3. The van der Waals surface area contributed by atoms with Crippen LogP contribution in [0.25, 0.3) is 0 Å². The van der Waals surface area contributed by atoms with E-state index in [4.69, 9.17) is 5.73 Å². The zero-order valence-corrected chi connectivity index (χ0v) is 8.26. The van der Waals surface area contributed by atoms with Gasteiger partial charge in [0.05, 0.1) is 6.20 Å². The van der Waals surface area contributed by atoms with Crippen molar-refractivity contribution in [2.75, 3.05) is 6.54 Å². The van der Waals surface area contributed by atoms with Crippen LogP contribution in [0.4, 0.5) is 4.39 Å². The Morgan fingerprint density at radius 1 is 1.62 bits per heavy atom. The van der Waals surface area contributed by atoms with Gasteiger partial charge in [-0.05, 0) is 0 Å². The van der Waals surface area contributed by atoms with Crippen LogP contribution >= 0.6 is 0 Å². The van der Waals surface area contributed by atoms with E-state index >= 15 is 0 Å². The predicted molar refractivity (Wildman–Crippen MR) is 50.2 cm³/mol. The van der Waals surface area contributed by atoms with Gasteiger partial charge in [-0.1, -0.05) is 20.8 Å². The third kappa shape index (κ3) is 2.06. The van der Waals surface area contributed by atoms with E-state index in [0.717, 1.165) is 5.69 Å². The molecule has 3 nitrogen and oxygen atoms in total. The van der Waals surface area contributed by atoms with Gasteiger partial charge in [0.1, 0.15) is 6.17 Å². The normalized spacial score (nSPS) is 14.5. The van der Waals surface area contributed by atoms with Gasteiger partial charge in [0.2, 0.25) is 0 Å². The molecule has 0 aliphatic heterocycles. The number of nitrogens with zero attached hydrogens (tertiary/aromatic N) is 1. The van der Waals surface area contributed by atoms with Gasteiger partial charge in [0.25, 0.3) is 0 Å². The lowest BCUT2D eigenvalue weighted by Crippen LogP contribution is -2.17. The molecule has 0 spiro atoms. The zero-order valence-electron chi connectivity index (χ0n) is 8.26. The van der Waals surface area contributed by atoms with Crippen molar-refractivity contribution >= 4 is 0 Å². The Bertz CT molecular complexity index is 275. The summed E-state index contributed by atoms with van der Waals surface area (Å²) in [5.41, 5.74) is 6.54. The van der Waals surface area contributed by atoms with Gasteiger partial charge >= 0.3 is 0 Å². The summed E-state index contributed by atoms with van der Waals surface area (Å²) in [4.78, 5) is 0. The van der Waals surface area contributed by atoms with Crippen LogP contribution in [0.2, 0.25) is 0 Å². The fourth-order valence-electron chi connectivity index (χ4n) is 1.26. The van der Waals surface area contributed by atoms with E-state index in [1.165, 1.54) is 6.20 Å². The van der Waals surface area contributed by atoms with Crippen LogP contribution in [-0.4, -0.2) is 16.7 Å². The monoisotopic (exact) mass is 185 g/mol. The van der Waals surface area contributed by atoms with Gasteiger partial charge in [-0.25, -0.2) is 4.39 Å². The summed E-state index contributed by atoms with van der Waals surface area (Å²) in [6.45, 7) is 6.02. The second-order valence-electron chi connectivity index (χ2n) is 4.15. The van der Waals surface area contributed by atoms with Crippen LogP contribution in [0, 0.1) is 0 Å². The number of aromatic nitrogens is 2. The highest BCUT2D eigenvalue weighted by Crippen LogP contribution is 2.28. The first kappa shape index (κ1) is 10.2. The van der Waals surface area contributed by atoms with Gasteiger partial charge in [0.15, 0.2) is 0 Å². The lowest BCUT2D eigenvalue weighted by Gasteiger charge is -2.19. The van der Waals surface area contributed by atoms with Crippen molar-refractivity contribution < 1.29 is 4.39 Å². The third-order valence-corrected chi connectivity index (χ3v) is 1.96. The van der Waals surface area contributed by atoms with E-state index in [0.29, 0.717) is 5.56 Å². The quantitative estimate of drug-likeness (QED) is 0.736. The van der Waals surface area contributed by atoms with Crippen molar-refractivity contribution in [1.29, 1.82) is 0 Å². The third-order valence-electron chi connectivity index (χ3n) is 1.96. The first-order valence-electron chi connectivity index (χ1n) is 4.34. The molecule has 0 radical (unpaired) electrons. The van der Waals surface area contributed by atoms with Crippen LogP contribution in [0.5, 0.6) is 0 Å². The summed E-state index contributed by atoms with van der Waals surface area (Å²) in [5.74, 6) is 0. The first-order chi connectivity index (χ1) is 5.96. The second kappa shape index (κ2) is 3.46. The molecule has 4 heteroatoms. The Morgan fingerprint density at radius 2 is 2.23 bits per heavy atom. The van der Waals surface area contributed by atoms with Gasteiger partial charge in [-0.2, -0.15) is 5.10 Å². The molecule has 1 unspecified atom stereocenters. The Morgan fingerprint density at radius 3 is 2.69 bits per heavy atom. The van der Waals surface area contributed by atoms with Gasteiger partial charge in [-0.3, -0.25) is 5.10 Å². The second-order valence-corrected chi connectivity index (χ2v) is 4.15. The minimum atomic E-state index is -1.12. The van der Waals surface area contributed by atoms with Crippen molar-refractivity contribution in [2.45, 2.75) is 32.4 Å². The van der Waals surface area contributed by atoms with E-state index < -0.39 is 6.17 Å². The van der Waals surface area contributed by atoms with E-state index in [2.05, 4.69) is 10.2 Å². The molecular weight excluding hydrogens is 169 g/mol. The minimum absolute atomic E-state index is 0.00259. The van der Waals surface area contributed by atoms with Gasteiger partial charge < -0.3 is 5.73 Å². The molecule has 0 aromatic carbocycles. The lowest BCUT2D eigenvalue weighted by molar-refractivity contribution is 0.346. The maximum absolute atomic E-state index is 13.3. The summed E-state index contributed by atoms with van der Waals surface area (Å²) in [6.07, 6.45) is 0.394.